The first-order valence-corrected chi connectivity index (χ1v) is 7.62. The minimum absolute atomic E-state index is 0.396. The summed E-state index contributed by atoms with van der Waals surface area (Å²) in [6.07, 6.45) is 3.80. The zero-order valence-corrected chi connectivity index (χ0v) is 12.3. The fourth-order valence-corrected chi connectivity index (χ4v) is 3.18. The number of nitrogens with zero attached hydrogens (tertiary/aromatic N) is 1. The third-order valence-electron chi connectivity index (χ3n) is 3.47. The molecule has 108 valence electrons. The quantitative estimate of drug-likeness (QED) is 0.677. The van der Waals surface area contributed by atoms with E-state index >= 15 is 0 Å². The van der Waals surface area contributed by atoms with Crippen LogP contribution >= 0.6 is 11.8 Å². The van der Waals surface area contributed by atoms with Crippen molar-refractivity contribution in [1.29, 1.82) is 0 Å². The lowest BCUT2D eigenvalue weighted by Crippen LogP contribution is -2.10. The predicted molar refractivity (Wildman–Crippen MR) is 81.8 cm³/mol. The minimum atomic E-state index is -0.790. The van der Waals surface area contributed by atoms with Crippen LogP contribution in [0.3, 0.4) is 0 Å². The van der Waals surface area contributed by atoms with Crippen molar-refractivity contribution in [3.8, 4) is 0 Å². The zero-order chi connectivity index (χ0) is 14.5. The normalized spacial score (nSPS) is 16.6. The molecular weight excluding hydrogens is 278 g/mol. The number of halogens is 2. The summed E-state index contributed by atoms with van der Waals surface area (Å²) in [5.41, 5.74) is 8.17. The van der Waals surface area contributed by atoms with E-state index in [4.69, 9.17) is 5.73 Å². The van der Waals surface area contributed by atoms with E-state index in [1.807, 2.05) is 0 Å². The Morgan fingerprint density at radius 1 is 1.30 bits per heavy atom. The van der Waals surface area contributed by atoms with E-state index in [1.54, 1.807) is 19.2 Å². The number of hydrogen-bond donors (Lipinski definition) is 1. The van der Waals surface area contributed by atoms with Gasteiger partial charge in [0.2, 0.25) is 0 Å². The maximum Gasteiger partial charge on any atom is 0.166 e. The molecule has 5 heteroatoms. The number of allylic oxidation sites excluding steroid dienone is 1. The number of nitrogens with two attached hydrogens (primary N) is 1. The average molecular weight is 296 g/mol. The maximum absolute atomic E-state index is 14.0. The molecule has 1 aliphatic rings. The van der Waals surface area contributed by atoms with E-state index in [2.05, 4.69) is 4.99 Å². The van der Waals surface area contributed by atoms with Gasteiger partial charge in [0.1, 0.15) is 0 Å². The molecule has 2 N–H and O–H groups in total. The second-order valence-electron chi connectivity index (χ2n) is 4.74. The lowest BCUT2D eigenvalue weighted by atomic mass is 9.88. The molecule has 2 rings (SSSR count). The largest absolute Gasteiger partial charge is 0.379 e. The van der Waals surface area contributed by atoms with Crippen molar-refractivity contribution in [3.63, 3.8) is 0 Å². The molecule has 0 unspecified atom stereocenters. The molecule has 0 saturated carbocycles. The van der Waals surface area contributed by atoms with Gasteiger partial charge in [-0.25, -0.2) is 8.78 Å². The van der Waals surface area contributed by atoms with Crippen LogP contribution in [0.25, 0.3) is 5.57 Å². The Morgan fingerprint density at radius 3 is 2.80 bits per heavy atom. The standard InChI is InChI=1S/C15H18F2N2S/c1-19-15(18)20-9-10-5-2-3-6-11(10)12-7-4-8-13(16)14(12)17/h4,7-8H,2-3,5-6,9H2,1H3,(H2,18,19). The van der Waals surface area contributed by atoms with Crippen LogP contribution in [0.2, 0.25) is 0 Å². The van der Waals surface area contributed by atoms with E-state index in [0.717, 1.165) is 42.9 Å². The van der Waals surface area contributed by atoms with Crippen LogP contribution in [0, 0.1) is 11.6 Å². The highest BCUT2D eigenvalue weighted by molar-refractivity contribution is 8.13. The molecule has 0 aromatic heterocycles. The first kappa shape index (κ1) is 15.0. The summed E-state index contributed by atoms with van der Waals surface area (Å²) in [5.74, 6) is -0.847. The second kappa shape index (κ2) is 6.88. The third kappa shape index (κ3) is 3.39. The van der Waals surface area contributed by atoms with E-state index in [9.17, 15) is 8.78 Å². The molecule has 1 aromatic carbocycles. The molecule has 0 saturated heterocycles. The van der Waals surface area contributed by atoms with Gasteiger partial charge in [0.25, 0.3) is 0 Å². The van der Waals surface area contributed by atoms with Gasteiger partial charge in [-0.2, -0.15) is 0 Å². The van der Waals surface area contributed by atoms with Crippen molar-refractivity contribution in [2.24, 2.45) is 10.7 Å². The summed E-state index contributed by atoms with van der Waals surface area (Å²) < 4.78 is 27.3. The fraction of sp³-hybridized carbons (Fsp3) is 0.400. The van der Waals surface area contributed by atoms with Gasteiger partial charge >= 0.3 is 0 Å². The molecule has 0 fully saturated rings. The van der Waals surface area contributed by atoms with Crippen LogP contribution in [-0.2, 0) is 0 Å². The average Bonchev–Trinajstić information content (AvgIpc) is 2.48. The van der Waals surface area contributed by atoms with E-state index in [-0.39, 0.29) is 0 Å². The van der Waals surface area contributed by atoms with Gasteiger partial charge in [-0.15, -0.1) is 0 Å². The van der Waals surface area contributed by atoms with Crippen LogP contribution in [0.1, 0.15) is 31.2 Å². The molecule has 1 aliphatic carbocycles. The van der Waals surface area contributed by atoms with E-state index < -0.39 is 11.6 Å². The fourth-order valence-electron chi connectivity index (χ4n) is 2.41. The summed E-state index contributed by atoms with van der Waals surface area (Å²) in [4.78, 5) is 3.90. The SMILES string of the molecule is CN=C(N)SCC1=C(c2cccc(F)c2F)CCCC1. The maximum atomic E-state index is 14.0. The van der Waals surface area contributed by atoms with Crippen molar-refractivity contribution in [1.82, 2.24) is 0 Å². The smallest absolute Gasteiger partial charge is 0.166 e. The van der Waals surface area contributed by atoms with E-state index in [1.165, 1.54) is 11.8 Å². The second-order valence-corrected chi connectivity index (χ2v) is 5.74. The van der Waals surface area contributed by atoms with Gasteiger partial charge in [-0.05, 0) is 37.3 Å². The Kier molecular flexibility index (Phi) is 5.17. The first-order valence-electron chi connectivity index (χ1n) is 6.63. The number of amidine groups is 1. The van der Waals surface area contributed by atoms with Crippen molar-refractivity contribution >= 4 is 22.5 Å². The summed E-state index contributed by atoms with van der Waals surface area (Å²) in [5, 5.41) is 0.516. The van der Waals surface area contributed by atoms with Crippen LogP contribution in [0.5, 0.6) is 0 Å². The third-order valence-corrected chi connectivity index (χ3v) is 4.44. The highest BCUT2D eigenvalue weighted by Gasteiger charge is 2.19. The van der Waals surface area contributed by atoms with Crippen LogP contribution < -0.4 is 5.73 Å². The van der Waals surface area contributed by atoms with Crippen molar-refractivity contribution in [2.45, 2.75) is 25.7 Å². The molecule has 20 heavy (non-hydrogen) atoms. The molecule has 2 nitrogen and oxygen atoms in total. The van der Waals surface area contributed by atoms with Gasteiger partial charge in [0.05, 0.1) is 0 Å². The lowest BCUT2D eigenvalue weighted by molar-refractivity contribution is 0.505. The Morgan fingerprint density at radius 2 is 2.05 bits per heavy atom. The molecule has 0 radical (unpaired) electrons. The van der Waals surface area contributed by atoms with Crippen molar-refractivity contribution in [2.75, 3.05) is 12.8 Å². The van der Waals surface area contributed by atoms with E-state index in [0.29, 0.717) is 16.5 Å². The highest BCUT2D eigenvalue weighted by atomic mass is 32.2. The molecule has 0 bridgehead atoms. The van der Waals surface area contributed by atoms with Crippen molar-refractivity contribution < 1.29 is 8.78 Å². The van der Waals surface area contributed by atoms with Gasteiger partial charge in [0, 0.05) is 18.4 Å². The van der Waals surface area contributed by atoms with Gasteiger partial charge in [-0.3, -0.25) is 4.99 Å². The molecule has 0 atom stereocenters. The molecule has 0 heterocycles. The first-order chi connectivity index (χ1) is 9.63. The van der Waals surface area contributed by atoms with Gasteiger partial charge in [0.15, 0.2) is 16.8 Å². The summed E-state index contributed by atoms with van der Waals surface area (Å²) in [6, 6.07) is 4.36. The Hall–Kier alpha value is -1.36. The number of rotatable bonds is 3. The number of thioether (sulfide) groups is 1. The number of benzene rings is 1. The van der Waals surface area contributed by atoms with Crippen LogP contribution in [0.4, 0.5) is 8.78 Å². The minimum Gasteiger partial charge on any atom is -0.379 e. The van der Waals surface area contributed by atoms with Gasteiger partial charge < -0.3 is 5.73 Å². The van der Waals surface area contributed by atoms with Crippen molar-refractivity contribution in [3.05, 3.63) is 41.0 Å². The summed E-state index contributed by atoms with van der Waals surface area (Å²) >= 11 is 1.45. The molecule has 0 amide bonds. The topological polar surface area (TPSA) is 38.4 Å². The lowest BCUT2D eigenvalue weighted by Gasteiger charge is -2.21. The Bertz CT molecular complexity index is 553. The number of aliphatic imine (C=N–C) groups is 1. The molecule has 1 aromatic rings. The van der Waals surface area contributed by atoms with Gasteiger partial charge in [-0.1, -0.05) is 29.5 Å². The molecule has 0 spiro atoms. The molecule has 0 aliphatic heterocycles. The molecular formula is C15H18F2N2S. The Labute approximate surface area is 122 Å². The highest BCUT2D eigenvalue weighted by Crippen LogP contribution is 2.35. The van der Waals surface area contributed by atoms with Crippen LogP contribution in [0.15, 0.2) is 28.8 Å². The van der Waals surface area contributed by atoms with Crippen LogP contribution in [-0.4, -0.2) is 18.0 Å². The number of hydrogen-bond acceptors (Lipinski definition) is 2. The summed E-state index contributed by atoms with van der Waals surface area (Å²) in [6.45, 7) is 0. The monoisotopic (exact) mass is 296 g/mol. The zero-order valence-electron chi connectivity index (χ0n) is 11.5. The predicted octanol–water partition coefficient (Wildman–Crippen LogP) is 3.97. The Balaban J connectivity index is 2.33. The summed E-state index contributed by atoms with van der Waals surface area (Å²) in [7, 11) is 1.64.